The number of carbonyl (C=O) groups excluding carboxylic acids is 1. The molecule has 1 aliphatic heterocycles. The lowest BCUT2D eigenvalue weighted by Gasteiger charge is -2.34. The summed E-state index contributed by atoms with van der Waals surface area (Å²) in [5.74, 6) is -1.23. The van der Waals surface area contributed by atoms with E-state index < -0.39 is 12.0 Å². The second-order valence-corrected chi connectivity index (χ2v) is 5.70. The van der Waals surface area contributed by atoms with Gasteiger partial charge in [0.25, 0.3) is 5.91 Å². The summed E-state index contributed by atoms with van der Waals surface area (Å²) in [6.45, 7) is 2.08. The number of fused-ring (bicyclic) bond motifs is 1. The molecule has 0 saturated heterocycles. The molecule has 21 heavy (non-hydrogen) atoms. The molecule has 5 nitrogen and oxygen atoms in total. The molecule has 2 aromatic rings. The van der Waals surface area contributed by atoms with Crippen molar-refractivity contribution >= 4 is 23.4 Å². The number of nitrogens with zero attached hydrogens (tertiary/aromatic N) is 2. The number of aliphatic carboxylic acids is 1. The van der Waals surface area contributed by atoms with Crippen LogP contribution in [0.4, 0.5) is 0 Å². The van der Waals surface area contributed by atoms with Crippen LogP contribution in [0, 0.1) is 6.92 Å². The molecular formula is C15H14N2O3S. The van der Waals surface area contributed by atoms with Crippen LogP contribution in [0.2, 0.25) is 0 Å². The van der Waals surface area contributed by atoms with Gasteiger partial charge in [0, 0.05) is 18.3 Å². The predicted molar refractivity (Wildman–Crippen MR) is 78.3 cm³/mol. The highest BCUT2D eigenvalue weighted by Gasteiger charge is 2.35. The normalized spacial score (nSPS) is 17.4. The Morgan fingerprint density at radius 2 is 2.05 bits per heavy atom. The van der Waals surface area contributed by atoms with Crippen molar-refractivity contribution in [1.82, 2.24) is 9.27 Å². The number of carbonyl (C=O) groups is 2. The van der Waals surface area contributed by atoms with Gasteiger partial charge in [-0.1, -0.05) is 24.3 Å². The fraction of sp³-hybridized carbons (Fsp3) is 0.267. The van der Waals surface area contributed by atoms with Gasteiger partial charge in [0.05, 0.1) is 11.3 Å². The summed E-state index contributed by atoms with van der Waals surface area (Å²) in [7, 11) is 0. The molecule has 1 unspecified atom stereocenters. The SMILES string of the molecule is Cc1nscc1C(=O)N1Cc2ccccc2CC1C(=O)O. The molecule has 0 spiro atoms. The third-order valence-corrected chi connectivity index (χ3v) is 4.50. The highest BCUT2D eigenvalue weighted by atomic mass is 32.1. The smallest absolute Gasteiger partial charge is 0.326 e. The topological polar surface area (TPSA) is 70.5 Å². The number of carboxylic acids is 1. The van der Waals surface area contributed by atoms with Crippen LogP contribution in [0.1, 0.15) is 27.2 Å². The molecular weight excluding hydrogens is 288 g/mol. The van der Waals surface area contributed by atoms with Crippen molar-refractivity contribution in [3.05, 3.63) is 52.0 Å². The monoisotopic (exact) mass is 302 g/mol. The number of aryl methyl sites for hydroxylation is 1. The van der Waals surface area contributed by atoms with E-state index in [1.54, 1.807) is 12.3 Å². The van der Waals surface area contributed by atoms with E-state index in [4.69, 9.17) is 0 Å². The second kappa shape index (κ2) is 5.29. The minimum Gasteiger partial charge on any atom is -0.480 e. The molecule has 1 aliphatic rings. The largest absolute Gasteiger partial charge is 0.480 e. The van der Waals surface area contributed by atoms with Crippen LogP contribution in [0.15, 0.2) is 29.6 Å². The van der Waals surface area contributed by atoms with E-state index in [0.29, 0.717) is 24.2 Å². The fourth-order valence-electron chi connectivity index (χ4n) is 2.61. The Balaban J connectivity index is 1.98. The first-order chi connectivity index (χ1) is 10.1. The zero-order valence-electron chi connectivity index (χ0n) is 11.4. The Bertz CT molecular complexity index is 710. The van der Waals surface area contributed by atoms with E-state index in [0.717, 1.165) is 11.1 Å². The molecule has 1 amide bonds. The lowest BCUT2D eigenvalue weighted by Crippen LogP contribution is -2.48. The molecule has 1 aromatic carbocycles. The highest BCUT2D eigenvalue weighted by Crippen LogP contribution is 2.26. The third-order valence-electron chi connectivity index (χ3n) is 3.77. The quantitative estimate of drug-likeness (QED) is 0.922. The van der Waals surface area contributed by atoms with E-state index in [1.807, 2.05) is 24.3 Å². The summed E-state index contributed by atoms with van der Waals surface area (Å²) in [6, 6.07) is 6.82. The molecule has 1 atom stereocenters. The molecule has 108 valence electrons. The first-order valence-corrected chi connectivity index (χ1v) is 7.43. The molecule has 1 aromatic heterocycles. The van der Waals surface area contributed by atoms with Gasteiger partial charge in [0.2, 0.25) is 0 Å². The van der Waals surface area contributed by atoms with Crippen molar-refractivity contribution in [1.29, 1.82) is 0 Å². The third kappa shape index (κ3) is 2.42. The van der Waals surface area contributed by atoms with Crippen molar-refractivity contribution in [3.63, 3.8) is 0 Å². The summed E-state index contributed by atoms with van der Waals surface area (Å²) >= 11 is 1.21. The van der Waals surface area contributed by atoms with Crippen LogP contribution >= 0.6 is 11.5 Å². The van der Waals surface area contributed by atoms with Gasteiger partial charge in [-0.05, 0) is 29.6 Å². The maximum Gasteiger partial charge on any atom is 0.326 e. The summed E-state index contributed by atoms with van der Waals surface area (Å²) < 4.78 is 4.09. The Kier molecular flexibility index (Phi) is 3.47. The summed E-state index contributed by atoms with van der Waals surface area (Å²) in [6.07, 6.45) is 0.341. The molecule has 0 saturated carbocycles. The molecule has 0 bridgehead atoms. The minimum absolute atomic E-state index is 0.261. The number of benzene rings is 1. The van der Waals surface area contributed by atoms with Gasteiger partial charge in [-0.25, -0.2) is 4.79 Å². The zero-order valence-corrected chi connectivity index (χ0v) is 12.3. The van der Waals surface area contributed by atoms with Crippen molar-refractivity contribution in [3.8, 4) is 0 Å². The van der Waals surface area contributed by atoms with Crippen molar-refractivity contribution in [2.24, 2.45) is 0 Å². The molecule has 0 radical (unpaired) electrons. The van der Waals surface area contributed by atoms with Gasteiger partial charge < -0.3 is 10.0 Å². The van der Waals surface area contributed by atoms with Crippen molar-refractivity contribution in [2.45, 2.75) is 25.9 Å². The van der Waals surface area contributed by atoms with Gasteiger partial charge >= 0.3 is 5.97 Å². The van der Waals surface area contributed by atoms with Crippen LogP contribution in [-0.4, -0.2) is 32.3 Å². The predicted octanol–water partition coefficient (Wildman–Crippen LogP) is 2.10. The lowest BCUT2D eigenvalue weighted by atomic mass is 9.93. The summed E-state index contributed by atoms with van der Waals surface area (Å²) in [5.41, 5.74) is 3.14. The van der Waals surface area contributed by atoms with Crippen molar-refractivity contribution < 1.29 is 14.7 Å². The van der Waals surface area contributed by atoms with E-state index >= 15 is 0 Å². The Hall–Kier alpha value is -2.21. The van der Waals surface area contributed by atoms with Crippen LogP contribution in [0.5, 0.6) is 0 Å². The van der Waals surface area contributed by atoms with Crippen LogP contribution in [0.3, 0.4) is 0 Å². The Labute approximate surface area is 126 Å². The lowest BCUT2D eigenvalue weighted by molar-refractivity contribution is -0.142. The average molecular weight is 302 g/mol. The summed E-state index contributed by atoms with van der Waals surface area (Å²) in [5, 5.41) is 11.1. The molecule has 3 rings (SSSR count). The van der Waals surface area contributed by atoms with Gasteiger partial charge in [0.15, 0.2) is 0 Å². The number of aromatic nitrogens is 1. The van der Waals surface area contributed by atoms with Crippen LogP contribution < -0.4 is 0 Å². The maximum atomic E-state index is 12.6. The van der Waals surface area contributed by atoms with E-state index in [9.17, 15) is 14.7 Å². The molecule has 0 aliphatic carbocycles. The minimum atomic E-state index is -0.973. The van der Waals surface area contributed by atoms with Gasteiger partial charge in [0.1, 0.15) is 6.04 Å². The molecule has 0 fully saturated rings. The second-order valence-electron chi connectivity index (χ2n) is 5.07. The molecule has 2 heterocycles. The van der Waals surface area contributed by atoms with E-state index in [2.05, 4.69) is 4.37 Å². The Morgan fingerprint density at radius 3 is 2.67 bits per heavy atom. The first kappa shape index (κ1) is 13.8. The first-order valence-electron chi connectivity index (χ1n) is 6.59. The van der Waals surface area contributed by atoms with Crippen LogP contribution in [0.25, 0.3) is 0 Å². The van der Waals surface area contributed by atoms with Crippen molar-refractivity contribution in [2.75, 3.05) is 0 Å². The standard InChI is InChI=1S/C15H14N2O3S/c1-9-12(8-21-16-9)14(18)17-7-11-5-3-2-4-10(11)6-13(17)15(19)20/h2-5,8,13H,6-7H2,1H3,(H,19,20). The van der Waals surface area contributed by atoms with Gasteiger partial charge in [-0.3, -0.25) is 4.79 Å². The molecule has 6 heteroatoms. The number of hydrogen-bond donors (Lipinski definition) is 1. The number of amides is 1. The van der Waals surface area contributed by atoms with Gasteiger partial charge in [-0.2, -0.15) is 4.37 Å². The Morgan fingerprint density at radius 1 is 1.33 bits per heavy atom. The fourth-order valence-corrected chi connectivity index (χ4v) is 3.30. The maximum absolute atomic E-state index is 12.6. The average Bonchev–Trinajstić information content (AvgIpc) is 2.91. The number of hydrogen-bond acceptors (Lipinski definition) is 4. The highest BCUT2D eigenvalue weighted by molar-refractivity contribution is 7.03. The molecule has 1 N–H and O–H groups in total. The summed E-state index contributed by atoms with van der Waals surface area (Å²) in [4.78, 5) is 25.6. The van der Waals surface area contributed by atoms with E-state index in [-0.39, 0.29) is 5.91 Å². The van der Waals surface area contributed by atoms with Crippen LogP contribution in [-0.2, 0) is 17.8 Å². The number of carboxylic acid groups (broad SMARTS) is 1. The van der Waals surface area contributed by atoms with E-state index in [1.165, 1.54) is 16.4 Å². The zero-order chi connectivity index (χ0) is 15.0. The number of rotatable bonds is 2. The van der Waals surface area contributed by atoms with Gasteiger partial charge in [-0.15, -0.1) is 0 Å².